The van der Waals surface area contributed by atoms with Gasteiger partial charge in [-0.3, -0.25) is 9.59 Å². The molecule has 178 valence electrons. The SMILES string of the molecule is CC(C)C[C@H](NC(=O)c1ccc(C(=O)N(C(C)C)C(C)C)cc1Oc1ccccc1)C(=O)O. The number of nitrogens with zero attached hydrogens (tertiary/aromatic N) is 1. The van der Waals surface area contributed by atoms with Crippen molar-refractivity contribution in [3.05, 3.63) is 59.7 Å². The molecule has 2 aromatic carbocycles. The monoisotopic (exact) mass is 454 g/mol. The minimum atomic E-state index is -1.10. The highest BCUT2D eigenvalue weighted by Crippen LogP contribution is 2.28. The maximum absolute atomic E-state index is 13.2. The Hall–Kier alpha value is -3.35. The summed E-state index contributed by atoms with van der Waals surface area (Å²) in [5.74, 6) is -1.07. The first-order chi connectivity index (χ1) is 15.5. The molecule has 0 fully saturated rings. The van der Waals surface area contributed by atoms with Crippen molar-refractivity contribution in [3.8, 4) is 11.5 Å². The number of para-hydroxylation sites is 1. The zero-order valence-corrected chi connectivity index (χ0v) is 20.2. The van der Waals surface area contributed by atoms with Crippen molar-refractivity contribution in [3.63, 3.8) is 0 Å². The number of benzene rings is 2. The number of ether oxygens (including phenoxy) is 1. The highest BCUT2D eigenvalue weighted by Gasteiger charge is 2.26. The van der Waals surface area contributed by atoms with Gasteiger partial charge in [-0.25, -0.2) is 4.79 Å². The number of carbonyl (C=O) groups is 3. The quantitative estimate of drug-likeness (QED) is 0.529. The molecule has 0 saturated heterocycles. The Bertz CT molecular complexity index is 962. The van der Waals surface area contributed by atoms with Gasteiger partial charge in [0.2, 0.25) is 0 Å². The molecule has 0 bridgehead atoms. The van der Waals surface area contributed by atoms with Gasteiger partial charge in [-0.2, -0.15) is 0 Å². The van der Waals surface area contributed by atoms with Crippen molar-refractivity contribution < 1.29 is 24.2 Å². The van der Waals surface area contributed by atoms with Gasteiger partial charge in [-0.1, -0.05) is 32.0 Å². The van der Waals surface area contributed by atoms with Gasteiger partial charge in [0, 0.05) is 17.6 Å². The zero-order chi connectivity index (χ0) is 24.7. The third-order valence-corrected chi connectivity index (χ3v) is 5.10. The number of rotatable bonds is 10. The Kier molecular flexibility index (Phi) is 9.02. The normalized spacial score (nSPS) is 12.0. The van der Waals surface area contributed by atoms with Crippen LogP contribution in [-0.4, -0.2) is 45.9 Å². The van der Waals surface area contributed by atoms with E-state index in [4.69, 9.17) is 4.74 Å². The first-order valence-electron chi connectivity index (χ1n) is 11.2. The lowest BCUT2D eigenvalue weighted by atomic mass is 10.0. The fourth-order valence-electron chi connectivity index (χ4n) is 3.69. The zero-order valence-electron chi connectivity index (χ0n) is 20.2. The topological polar surface area (TPSA) is 95.9 Å². The number of aliphatic carboxylic acids is 1. The standard InChI is InChI=1S/C26H34N2O5/c1-16(2)14-22(26(31)32)27-24(29)21-13-12-19(25(30)28(17(3)4)18(5)6)15-23(21)33-20-10-8-7-9-11-20/h7-13,15-18,22H,14H2,1-6H3,(H,27,29)(H,31,32)/t22-/m0/s1. The summed E-state index contributed by atoms with van der Waals surface area (Å²) in [4.78, 5) is 39.6. The summed E-state index contributed by atoms with van der Waals surface area (Å²) in [5.41, 5.74) is 0.544. The van der Waals surface area contributed by atoms with Crippen molar-refractivity contribution in [2.45, 2.75) is 66.1 Å². The maximum atomic E-state index is 13.2. The van der Waals surface area contributed by atoms with Crippen LogP contribution in [0.2, 0.25) is 0 Å². The molecule has 0 spiro atoms. The second kappa shape index (κ2) is 11.5. The van der Waals surface area contributed by atoms with Gasteiger partial charge in [0.1, 0.15) is 17.5 Å². The van der Waals surface area contributed by atoms with Crippen LogP contribution in [0.3, 0.4) is 0 Å². The lowest BCUT2D eigenvalue weighted by Gasteiger charge is -2.31. The Morgan fingerprint density at radius 3 is 2.06 bits per heavy atom. The minimum Gasteiger partial charge on any atom is -0.480 e. The van der Waals surface area contributed by atoms with E-state index in [1.165, 1.54) is 6.07 Å². The summed E-state index contributed by atoms with van der Waals surface area (Å²) in [7, 11) is 0. The summed E-state index contributed by atoms with van der Waals surface area (Å²) < 4.78 is 5.97. The molecule has 7 heteroatoms. The van der Waals surface area contributed by atoms with Crippen LogP contribution in [0.4, 0.5) is 0 Å². The first kappa shape index (κ1) is 25.9. The Morgan fingerprint density at radius 1 is 0.939 bits per heavy atom. The van der Waals surface area contributed by atoms with Crippen LogP contribution in [0, 0.1) is 5.92 Å². The Balaban J connectivity index is 2.46. The average molecular weight is 455 g/mol. The van der Waals surface area contributed by atoms with Gasteiger partial charge in [0.15, 0.2) is 0 Å². The van der Waals surface area contributed by atoms with E-state index in [2.05, 4.69) is 5.32 Å². The second-order valence-electron chi connectivity index (χ2n) is 9.02. The van der Waals surface area contributed by atoms with Crippen molar-refractivity contribution in [2.24, 2.45) is 5.92 Å². The summed E-state index contributed by atoms with van der Waals surface area (Å²) in [6, 6.07) is 12.5. The van der Waals surface area contributed by atoms with Crippen LogP contribution >= 0.6 is 0 Å². The lowest BCUT2D eigenvalue weighted by Crippen LogP contribution is -2.42. The minimum absolute atomic E-state index is 0.00803. The second-order valence-corrected chi connectivity index (χ2v) is 9.02. The van der Waals surface area contributed by atoms with E-state index >= 15 is 0 Å². The van der Waals surface area contributed by atoms with E-state index in [-0.39, 0.29) is 35.2 Å². The first-order valence-corrected chi connectivity index (χ1v) is 11.2. The molecule has 0 radical (unpaired) electrons. The van der Waals surface area contributed by atoms with E-state index < -0.39 is 17.9 Å². The molecule has 2 rings (SSSR count). The van der Waals surface area contributed by atoms with Gasteiger partial charge in [0.05, 0.1) is 5.56 Å². The van der Waals surface area contributed by atoms with Crippen molar-refractivity contribution >= 4 is 17.8 Å². The van der Waals surface area contributed by atoms with Crippen molar-refractivity contribution in [1.82, 2.24) is 10.2 Å². The fourth-order valence-corrected chi connectivity index (χ4v) is 3.69. The molecule has 0 unspecified atom stereocenters. The molecule has 0 aliphatic carbocycles. The van der Waals surface area contributed by atoms with E-state index in [0.717, 1.165) is 0 Å². The van der Waals surface area contributed by atoms with E-state index in [1.54, 1.807) is 41.3 Å². The third kappa shape index (κ3) is 7.07. The van der Waals surface area contributed by atoms with E-state index in [9.17, 15) is 19.5 Å². The van der Waals surface area contributed by atoms with Crippen LogP contribution < -0.4 is 10.1 Å². The molecular formula is C26H34N2O5. The molecule has 7 nitrogen and oxygen atoms in total. The summed E-state index contributed by atoms with van der Waals surface area (Å²) in [6.07, 6.45) is 0.296. The fraction of sp³-hybridized carbons (Fsp3) is 0.423. The van der Waals surface area contributed by atoms with Crippen LogP contribution in [0.15, 0.2) is 48.5 Å². The molecule has 0 aliphatic heterocycles. The molecule has 2 amide bonds. The molecular weight excluding hydrogens is 420 g/mol. The molecule has 0 saturated carbocycles. The number of nitrogens with one attached hydrogen (secondary N) is 1. The predicted octanol–water partition coefficient (Wildman–Crippen LogP) is 4.97. The summed E-state index contributed by atoms with van der Waals surface area (Å²) in [5, 5.41) is 12.1. The molecule has 0 aromatic heterocycles. The van der Waals surface area contributed by atoms with Crippen LogP contribution in [0.5, 0.6) is 11.5 Å². The van der Waals surface area contributed by atoms with E-state index in [0.29, 0.717) is 17.7 Å². The van der Waals surface area contributed by atoms with E-state index in [1.807, 2.05) is 47.6 Å². The Morgan fingerprint density at radius 2 is 1.55 bits per heavy atom. The van der Waals surface area contributed by atoms with Crippen LogP contribution in [-0.2, 0) is 4.79 Å². The predicted molar refractivity (Wildman–Crippen MR) is 128 cm³/mol. The number of carboxylic acid groups (broad SMARTS) is 1. The lowest BCUT2D eigenvalue weighted by molar-refractivity contribution is -0.139. The molecule has 0 heterocycles. The Labute approximate surface area is 195 Å². The maximum Gasteiger partial charge on any atom is 0.326 e. The number of amides is 2. The highest BCUT2D eigenvalue weighted by molar-refractivity contribution is 6.01. The molecule has 2 aromatic rings. The number of carboxylic acids is 1. The number of hydrogen-bond acceptors (Lipinski definition) is 4. The summed E-state index contributed by atoms with van der Waals surface area (Å²) >= 11 is 0. The number of hydrogen-bond donors (Lipinski definition) is 2. The highest BCUT2D eigenvalue weighted by atomic mass is 16.5. The number of carbonyl (C=O) groups excluding carboxylic acids is 2. The van der Waals surface area contributed by atoms with Gasteiger partial charge < -0.3 is 20.1 Å². The van der Waals surface area contributed by atoms with Gasteiger partial charge >= 0.3 is 5.97 Å². The van der Waals surface area contributed by atoms with Gasteiger partial charge in [-0.15, -0.1) is 0 Å². The van der Waals surface area contributed by atoms with Crippen LogP contribution in [0.1, 0.15) is 68.7 Å². The van der Waals surface area contributed by atoms with Gasteiger partial charge in [0.25, 0.3) is 11.8 Å². The molecule has 1 atom stereocenters. The third-order valence-electron chi connectivity index (χ3n) is 5.10. The molecule has 2 N–H and O–H groups in total. The van der Waals surface area contributed by atoms with Crippen molar-refractivity contribution in [2.75, 3.05) is 0 Å². The average Bonchev–Trinajstić information content (AvgIpc) is 2.72. The molecule has 0 aliphatic rings. The van der Waals surface area contributed by atoms with Crippen molar-refractivity contribution in [1.29, 1.82) is 0 Å². The molecule has 33 heavy (non-hydrogen) atoms. The van der Waals surface area contributed by atoms with Crippen LogP contribution in [0.25, 0.3) is 0 Å². The largest absolute Gasteiger partial charge is 0.480 e. The summed E-state index contributed by atoms with van der Waals surface area (Å²) in [6.45, 7) is 11.6. The smallest absolute Gasteiger partial charge is 0.326 e. The van der Waals surface area contributed by atoms with Gasteiger partial charge in [-0.05, 0) is 70.4 Å².